The quantitative estimate of drug-likeness (QED) is 0.656. The van der Waals surface area contributed by atoms with E-state index in [0.717, 1.165) is 21.8 Å². The summed E-state index contributed by atoms with van der Waals surface area (Å²) in [5.74, 6) is 0.609. The van der Waals surface area contributed by atoms with Crippen LogP contribution >= 0.6 is 0 Å². The molecule has 1 aliphatic rings. The number of hydrogen-bond acceptors (Lipinski definition) is 4. The van der Waals surface area contributed by atoms with E-state index in [-0.39, 0.29) is 18.3 Å². The Labute approximate surface area is 160 Å². The summed E-state index contributed by atoms with van der Waals surface area (Å²) in [6, 6.07) is 18.2. The molecule has 4 nitrogen and oxygen atoms in total. The van der Waals surface area contributed by atoms with Gasteiger partial charge in [-0.25, -0.2) is 4.98 Å². The van der Waals surface area contributed by atoms with E-state index in [0.29, 0.717) is 12.5 Å². The lowest BCUT2D eigenvalue weighted by molar-refractivity contribution is 0.00578. The fraction of sp³-hybridized carbons (Fsp3) is 0.318. The van der Waals surface area contributed by atoms with Crippen molar-refractivity contribution in [3.8, 4) is 5.88 Å². The summed E-state index contributed by atoms with van der Waals surface area (Å²) in [7, 11) is -0.374. The molecule has 0 N–H and O–H groups in total. The maximum Gasteiger partial charge on any atom is 0.494 e. The highest BCUT2D eigenvalue weighted by atomic mass is 16.7. The summed E-state index contributed by atoms with van der Waals surface area (Å²) in [6.07, 6.45) is 1.84. The predicted octanol–water partition coefficient (Wildman–Crippen LogP) is 4.11. The van der Waals surface area contributed by atoms with Crippen molar-refractivity contribution < 1.29 is 14.0 Å². The zero-order valence-corrected chi connectivity index (χ0v) is 16.2. The van der Waals surface area contributed by atoms with Gasteiger partial charge in [0.2, 0.25) is 5.88 Å². The third-order valence-electron chi connectivity index (χ3n) is 5.48. The van der Waals surface area contributed by atoms with Crippen molar-refractivity contribution in [2.45, 2.75) is 45.5 Å². The first-order valence-corrected chi connectivity index (χ1v) is 9.26. The Balaban J connectivity index is 1.56. The Kier molecular flexibility index (Phi) is 4.45. The topological polar surface area (TPSA) is 40.6 Å². The van der Waals surface area contributed by atoms with Crippen molar-refractivity contribution in [2.24, 2.45) is 0 Å². The van der Waals surface area contributed by atoms with Crippen LogP contribution in [0.15, 0.2) is 60.8 Å². The number of nitrogens with zero attached hydrogens (tertiary/aromatic N) is 1. The predicted molar refractivity (Wildman–Crippen MR) is 108 cm³/mol. The molecule has 4 rings (SSSR count). The molecule has 0 amide bonds. The van der Waals surface area contributed by atoms with Gasteiger partial charge in [0.05, 0.1) is 11.2 Å². The minimum Gasteiger partial charge on any atom is -0.473 e. The van der Waals surface area contributed by atoms with Gasteiger partial charge < -0.3 is 14.0 Å². The van der Waals surface area contributed by atoms with Crippen LogP contribution in [0.4, 0.5) is 0 Å². The first-order valence-electron chi connectivity index (χ1n) is 9.26. The highest BCUT2D eigenvalue weighted by molar-refractivity contribution is 6.62. The summed E-state index contributed by atoms with van der Waals surface area (Å²) in [4.78, 5) is 4.41. The van der Waals surface area contributed by atoms with E-state index in [2.05, 4.69) is 38.7 Å². The summed E-state index contributed by atoms with van der Waals surface area (Å²) < 4.78 is 18.2. The second kappa shape index (κ2) is 6.66. The van der Waals surface area contributed by atoms with Crippen LogP contribution in [-0.2, 0) is 15.9 Å². The van der Waals surface area contributed by atoms with Crippen LogP contribution in [0.25, 0.3) is 10.8 Å². The molecular weight excluding hydrogens is 337 g/mol. The fourth-order valence-corrected chi connectivity index (χ4v) is 3.08. The molecule has 138 valence electrons. The van der Waals surface area contributed by atoms with Crippen LogP contribution in [-0.4, -0.2) is 23.3 Å². The average molecular weight is 361 g/mol. The highest BCUT2D eigenvalue weighted by Gasteiger charge is 2.51. The minimum absolute atomic E-state index is 0.352. The smallest absolute Gasteiger partial charge is 0.473 e. The van der Waals surface area contributed by atoms with E-state index in [1.54, 1.807) is 0 Å². The van der Waals surface area contributed by atoms with E-state index in [1.807, 2.05) is 54.7 Å². The molecule has 0 saturated carbocycles. The SMILES string of the molecule is CC1(C)OB(c2ccc3cnc(OCc4ccccc4)cc3c2)OC1(C)C. The molecule has 1 fully saturated rings. The maximum absolute atomic E-state index is 6.17. The van der Waals surface area contributed by atoms with E-state index in [1.165, 1.54) is 0 Å². The Bertz CT molecular complexity index is 940. The second-order valence-electron chi connectivity index (χ2n) is 7.99. The molecule has 3 aromatic rings. The molecule has 27 heavy (non-hydrogen) atoms. The Hall–Kier alpha value is -2.37. The van der Waals surface area contributed by atoms with Crippen LogP contribution in [0.1, 0.15) is 33.3 Å². The van der Waals surface area contributed by atoms with Gasteiger partial charge in [-0.05, 0) is 44.1 Å². The number of ether oxygens (including phenoxy) is 1. The monoisotopic (exact) mass is 361 g/mol. The fourth-order valence-electron chi connectivity index (χ4n) is 3.08. The van der Waals surface area contributed by atoms with Crippen LogP contribution in [0.3, 0.4) is 0 Å². The number of pyridine rings is 1. The van der Waals surface area contributed by atoms with Gasteiger partial charge in [-0.1, -0.05) is 48.5 Å². The van der Waals surface area contributed by atoms with Crippen molar-refractivity contribution in [3.63, 3.8) is 0 Å². The molecule has 0 bridgehead atoms. The molecule has 1 saturated heterocycles. The normalized spacial score (nSPS) is 18.0. The Morgan fingerprint density at radius 2 is 1.59 bits per heavy atom. The Morgan fingerprint density at radius 1 is 0.889 bits per heavy atom. The zero-order valence-electron chi connectivity index (χ0n) is 16.2. The van der Waals surface area contributed by atoms with E-state index in [9.17, 15) is 0 Å². The van der Waals surface area contributed by atoms with Gasteiger partial charge in [0.15, 0.2) is 0 Å². The molecular formula is C22H24BNO3. The van der Waals surface area contributed by atoms with Crippen molar-refractivity contribution in [1.82, 2.24) is 4.98 Å². The third kappa shape index (κ3) is 3.57. The lowest BCUT2D eigenvalue weighted by Gasteiger charge is -2.32. The Morgan fingerprint density at radius 3 is 2.30 bits per heavy atom. The molecule has 1 aromatic heterocycles. The van der Waals surface area contributed by atoms with Crippen molar-refractivity contribution in [3.05, 3.63) is 66.4 Å². The molecule has 0 aliphatic carbocycles. The summed E-state index contributed by atoms with van der Waals surface area (Å²) in [5.41, 5.74) is 1.41. The standard InChI is InChI=1S/C22H24BNO3/c1-21(2)22(3,4)27-23(26-21)19-11-10-17-14-24-20(13-18(17)12-19)25-15-16-8-6-5-7-9-16/h5-14H,15H2,1-4H3. The van der Waals surface area contributed by atoms with E-state index >= 15 is 0 Å². The van der Waals surface area contributed by atoms with E-state index < -0.39 is 0 Å². The molecule has 0 atom stereocenters. The second-order valence-corrected chi connectivity index (χ2v) is 7.99. The maximum atomic E-state index is 6.17. The van der Waals surface area contributed by atoms with Gasteiger partial charge >= 0.3 is 7.12 Å². The van der Waals surface area contributed by atoms with Gasteiger partial charge in [0.1, 0.15) is 6.61 Å². The number of hydrogen-bond donors (Lipinski definition) is 0. The van der Waals surface area contributed by atoms with Gasteiger partial charge in [0, 0.05) is 17.6 Å². The molecule has 0 spiro atoms. The van der Waals surface area contributed by atoms with E-state index in [4.69, 9.17) is 14.0 Å². The lowest BCUT2D eigenvalue weighted by atomic mass is 9.78. The molecule has 5 heteroatoms. The van der Waals surface area contributed by atoms with Crippen LogP contribution in [0.5, 0.6) is 5.88 Å². The van der Waals surface area contributed by atoms with Crippen molar-refractivity contribution in [2.75, 3.05) is 0 Å². The van der Waals surface area contributed by atoms with Crippen LogP contribution < -0.4 is 10.2 Å². The van der Waals surface area contributed by atoms with Crippen molar-refractivity contribution in [1.29, 1.82) is 0 Å². The number of rotatable bonds is 4. The average Bonchev–Trinajstić information content (AvgIpc) is 2.87. The van der Waals surface area contributed by atoms with Crippen LogP contribution in [0, 0.1) is 0 Å². The van der Waals surface area contributed by atoms with Crippen molar-refractivity contribution >= 4 is 23.4 Å². The first-order chi connectivity index (χ1) is 12.8. The first kappa shape index (κ1) is 18.0. The highest BCUT2D eigenvalue weighted by Crippen LogP contribution is 2.36. The summed E-state index contributed by atoms with van der Waals surface area (Å²) >= 11 is 0. The van der Waals surface area contributed by atoms with Gasteiger partial charge in [-0.3, -0.25) is 0 Å². The number of fused-ring (bicyclic) bond motifs is 1. The third-order valence-corrected chi connectivity index (χ3v) is 5.48. The minimum atomic E-state index is -0.374. The molecule has 1 aliphatic heterocycles. The van der Waals surface area contributed by atoms with Gasteiger partial charge in [-0.2, -0.15) is 0 Å². The largest absolute Gasteiger partial charge is 0.494 e. The number of aromatic nitrogens is 1. The molecule has 0 unspecified atom stereocenters. The molecule has 2 heterocycles. The number of benzene rings is 2. The zero-order chi connectivity index (χ0) is 19.1. The molecule has 2 aromatic carbocycles. The lowest BCUT2D eigenvalue weighted by Crippen LogP contribution is -2.41. The molecule has 0 radical (unpaired) electrons. The summed E-state index contributed by atoms with van der Waals surface area (Å²) in [6.45, 7) is 8.75. The summed E-state index contributed by atoms with van der Waals surface area (Å²) in [5, 5.41) is 2.11. The van der Waals surface area contributed by atoms with Crippen LogP contribution in [0.2, 0.25) is 0 Å². The van der Waals surface area contributed by atoms with Gasteiger partial charge in [0.25, 0.3) is 0 Å². The van der Waals surface area contributed by atoms with Gasteiger partial charge in [-0.15, -0.1) is 0 Å².